The van der Waals surface area contributed by atoms with E-state index < -0.39 is 0 Å². The molecule has 1 heterocycles. The highest BCUT2D eigenvalue weighted by Gasteiger charge is 2.34. The molecule has 0 bridgehead atoms. The molecule has 2 aromatic rings. The van der Waals surface area contributed by atoms with Crippen molar-refractivity contribution in [3.05, 3.63) is 76.2 Å². The van der Waals surface area contributed by atoms with Crippen LogP contribution in [-0.2, 0) is 9.59 Å². The number of aryl methyl sites for hydroxylation is 1. The topological polar surface area (TPSA) is 66.5 Å². The maximum atomic E-state index is 12.5. The van der Waals surface area contributed by atoms with Crippen LogP contribution in [0.5, 0.6) is 0 Å². The molecule has 0 aromatic heterocycles. The Morgan fingerprint density at radius 1 is 1.10 bits per heavy atom. The first-order chi connectivity index (χ1) is 13.9. The standard InChI is InChI=1S/C23H24N2O3S/c1-16-8-10-18(11-9-16)15-20-22(27)25(23(28)29-20)13-12-24-21(26)14-17(2)19-6-4-3-5-7-19/h3-11,15,17H,12-14H2,1-2H3,(H,24,26)/b20-15-/t17-/m1/s1. The van der Waals surface area contributed by atoms with Gasteiger partial charge in [-0.2, -0.15) is 0 Å². The van der Waals surface area contributed by atoms with E-state index >= 15 is 0 Å². The van der Waals surface area contributed by atoms with Gasteiger partial charge >= 0.3 is 0 Å². The van der Waals surface area contributed by atoms with Crippen LogP contribution in [0.15, 0.2) is 59.5 Å². The molecule has 1 atom stereocenters. The number of benzene rings is 2. The van der Waals surface area contributed by atoms with Crippen LogP contribution >= 0.6 is 11.8 Å². The highest BCUT2D eigenvalue weighted by atomic mass is 32.2. The zero-order valence-corrected chi connectivity index (χ0v) is 17.4. The quantitative estimate of drug-likeness (QED) is 0.692. The minimum absolute atomic E-state index is 0.0940. The molecule has 0 spiro atoms. The molecular weight excluding hydrogens is 384 g/mol. The molecule has 0 radical (unpaired) electrons. The molecule has 1 N–H and O–H groups in total. The van der Waals surface area contributed by atoms with Crippen molar-refractivity contribution >= 4 is 34.9 Å². The van der Waals surface area contributed by atoms with Gasteiger partial charge in [-0.05, 0) is 41.8 Å². The molecule has 1 saturated heterocycles. The second kappa shape index (κ2) is 9.56. The summed E-state index contributed by atoms with van der Waals surface area (Å²) < 4.78 is 0. The Morgan fingerprint density at radius 2 is 1.79 bits per heavy atom. The Morgan fingerprint density at radius 3 is 2.48 bits per heavy atom. The third-order valence-corrected chi connectivity index (χ3v) is 5.67. The molecular formula is C23H24N2O3S. The van der Waals surface area contributed by atoms with Crippen LogP contribution in [0.4, 0.5) is 4.79 Å². The van der Waals surface area contributed by atoms with Crippen LogP contribution in [0.1, 0.15) is 36.0 Å². The van der Waals surface area contributed by atoms with Crippen molar-refractivity contribution in [3.63, 3.8) is 0 Å². The van der Waals surface area contributed by atoms with E-state index in [9.17, 15) is 14.4 Å². The van der Waals surface area contributed by atoms with Gasteiger partial charge in [0, 0.05) is 19.5 Å². The number of imide groups is 1. The van der Waals surface area contributed by atoms with Gasteiger partial charge in [0.25, 0.3) is 11.1 Å². The maximum Gasteiger partial charge on any atom is 0.293 e. The fraction of sp³-hybridized carbons (Fsp3) is 0.261. The van der Waals surface area contributed by atoms with Crippen LogP contribution in [0.2, 0.25) is 0 Å². The van der Waals surface area contributed by atoms with E-state index in [4.69, 9.17) is 0 Å². The molecule has 29 heavy (non-hydrogen) atoms. The summed E-state index contributed by atoms with van der Waals surface area (Å²) in [5.74, 6) is -0.304. The van der Waals surface area contributed by atoms with E-state index in [1.54, 1.807) is 6.08 Å². The number of hydrogen-bond acceptors (Lipinski definition) is 4. The van der Waals surface area contributed by atoms with Crippen molar-refractivity contribution in [3.8, 4) is 0 Å². The predicted octanol–water partition coefficient (Wildman–Crippen LogP) is 4.34. The molecule has 6 heteroatoms. The molecule has 0 unspecified atom stereocenters. The second-order valence-corrected chi connectivity index (χ2v) is 8.10. The van der Waals surface area contributed by atoms with E-state index in [2.05, 4.69) is 5.32 Å². The highest BCUT2D eigenvalue weighted by Crippen LogP contribution is 2.31. The molecule has 2 aromatic carbocycles. The number of amides is 3. The van der Waals surface area contributed by atoms with Gasteiger partial charge in [-0.1, -0.05) is 67.1 Å². The van der Waals surface area contributed by atoms with Crippen LogP contribution in [0.3, 0.4) is 0 Å². The van der Waals surface area contributed by atoms with Crippen LogP contribution in [0, 0.1) is 6.92 Å². The molecule has 1 aliphatic rings. The van der Waals surface area contributed by atoms with E-state index in [1.807, 2.05) is 68.4 Å². The summed E-state index contributed by atoms with van der Waals surface area (Å²) in [5.41, 5.74) is 3.12. The first-order valence-electron chi connectivity index (χ1n) is 9.57. The Bertz CT molecular complexity index is 923. The van der Waals surface area contributed by atoms with Gasteiger partial charge in [0.1, 0.15) is 0 Å². The first-order valence-corrected chi connectivity index (χ1v) is 10.4. The zero-order chi connectivity index (χ0) is 20.8. The lowest BCUT2D eigenvalue weighted by molar-refractivity contribution is -0.124. The van der Waals surface area contributed by atoms with E-state index in [0.717, 1.165) is 28.5 Å². The molecule has 5 nitrogen and oxygen atoms in total. The number of hydrogen-bond donors (Lipinski definition) is 1. The maximum absolute atomic E-state index is 12.5. The monoisotopic (exact) mass is 408 g/mol. The number of carbonyl (C=O) groups excluding carboxylic acids is 3. The molecule has 1 fully saturated rings. The predicted molar refractivity (Wildman–Crippen MR) is 116 cm³/mol. The summed E-state index contributed by atoms with van der Waals surface area (Å²) in [6.07, 6.45) is 2.09. The zero-order valence-electron chi connectivity index (χ0n) is 16.6. The molecule has 3 amide bonds. The summed E-state index contributed by atoms with van der Waals surface area (Å²) in [4.78, 5) is 38.5. The minimum atomic E-state index is -0.313. The highest BCUT2D eigenvalue weighted by molar-refractivity contribution is 8.18. The number of thioether (sulfide) groups is 1. The lowest BCUT2D eigenvalue weighted by Gasteiger charge is -2.15. The van der Waals surface area contributed by atoms with Gasteiger partial charge < -0.3 is 5.32 Å². The molecule has 150 valence electrons. The van der Waals surface area contributed by atoms with E-state index in [-0.39, 0.29) is 36.1 Å². The summed E-state index contributed by atoms with van der Waals surface area (Å²) in [6, 6.07) is 17.6. The van der Waals surface area contributed by atoms with Gasteiger partial charge in [-0.15, -0.1) is 0 Å². The van der Waals surface area contributed by atoms with Crippen LogP contribution in [0.25, 0.3) is 6.08 Å². The molecule has 0 saturated carbocycles. The van der Waals surface area contributed by atoms with Crippen molar-refractivity contribution in [1.82, 2.24) is 10.2 Å². The third-order valence-electron chi connectivity index (χ3n) is 4.77. The SMILES string of the molecule is Cc1ccc(/C=C2\SC(=O)N(CCNC(=O)C[C@@H](C)c3ccccc3)C2=O)cc1. The summed E-state index contributed by atoms with van der Waals surface area (Å²) in [5, 5.41) is 2.50. The van der Waals surface area contributed by atoms with E-state index in [1.165, 1.54) is 4.90 Å². The van der Waals surface area contributed by atoms with Crippen LogP contribution in [-0.4, -0.2) is 35.0 Å². The van der Waals surface area contributed by atoms with Gasteiger partial charge in [-0.3, -0.25) is 19.3 Å². The molecule has 3 rings (SSSR count). The fourth-order valence-electron chi connectivity index (χ4n) is 3.06. The van der Waals surface area contributed by atoms with E-state index in [0.29, 0.717) is 11.3 Å². The second-order valence-electron chi connectivity index (χ2n) is 7.11. The summed E-state index contributed by atoms with van der Waals surface area (Å²) in [6.45, 7) is 4.41. The van der Waals surface area contributed by atoms with Crippen molar-refractivity contribution in [2.45, 2.75) is 26.2 Å². The fourth-order valence-corrected chi connectivity index (χ4v) is 3.93. The van der Waals surface area contributed by atoms with Gasteiger partial charge in [0.2, 0.25) is 5.91 Å². The minimum Gasteiger partial charge on any atom is -0.354 e. The molecule has 1 aliphatic heterocycles. The number of nitrogens with one attached hydrogen (secondary N) is 1. The Balaban J connectivity index is 1.50. The average Bonchev–Trinajstić information content (AvgIpc) is 2.97. The summed E-state index contributed by atoms with van der Waals surface area (Å²) in [7, 11) is 0. The van der Waals surface area contributed by atoms with Crippen molar-refractivity contribution < 1.29 is 14.4 Å². The van der Waals surface area contributed by atoms with Gasteiger partial charge in [0.15, 0.2) is 0 Å². The smallest absolute Gasteiger partial charge is 0.293 e. The van der Waals surface area contributed by atoms with Crippen molar-refractivity contribution in [2.24, 2.45) is 0 Å². The Hall–Kier alpha value is -2.86. The largest absolute Gasteiger partial charge is 0.354 e. The first kappa shape index (κ1) is 20.9. The Kier molecular flexibility index (Phi) is 6.88. The van der Waals surface area contributed by atoms with Crippen molar-refractivity contribution in [2.75, 3.05) is 13.1 Å². The average molecular weight is 409 g/mol. The van der Waals surface area contributed by atoms with Crippen LogP contribution < -0.4 is 5.32 Å². The normalized spacial score (nSPS) is 16.3. The number of rotatable bonds is 7. The lowest BCUT2D eigenvalue weighted by Crippen LogP contribution is -2.37. The van der Waals surface area contributed by atoms with Gasteiger partial charge in [0.05, 0.1) is 4.91 Å². The number of carbonyl (C=O) groups is 3. The molecule has 0 aliphatic carbocycles. The lowest BCUT2D eigenvalue weighted by atomic mass is 9.98. The van der Waals surface area contributed by atoms with Gasteiger partial charge in [-0.25, -0.2) is 0 Å². The summed E-state index contributed by atoms with van der Waals surface area (Å²) >= 11 is 0.933. The number of nitrogens with zero attached hydrogens (tertiary/aromatic N) is 1. The Labute approximate surface area is 175 Å². The van der Waals surface area contributed by atoms with Crippen molar-refractivity contribution in [1.29, 1.82) is 0 Å². The third kappa shape index (κ3) is 5.57.